The van der Waals surface area contributed by atoms with E-state index in [9.17, 15) is 0 Å². The summed E-state index contributed by atoms with van der Waals surface area (Å²) in [5.74, 6) is 0. The number of rotatable bonds is 5. The van der Waals surface area contributed by atoms with Crippen molar-refractivity contribution >= 4 is 11.3 Å². The number of ether oxygens (including phenoxy) is 2. The molecule has 2 saturated heterocycles. The van der Waals surface area contributed by atoms with Gasteiger partial charge in [0.1, 0.15) is 6.10 Å². The highest BCUT2D eigenvalue weighted by molar-refractivity contribution is 7.11. The van der Waals surface area contributed by atoms with Crippen molar-refractivity contribution in [2.45, 2.75) is 51.2 Å². The Morgan fingerprint density at radius 2 is 2.29 bits per heavy atom. The van der Waals surface area contributed by atoms with Crippen LogP contribution in [0.5, 0.6) is 0 Å². The highest BCUT2D eigenvalue weighted by Crippen LogP contribution is 2.33. The van der Waals surface area contributed by atoms with E-state index in [4.69, 9.17) is 9.47 Å². The van der Waals surface area contributed by atoms with Crippen molar-refractivity contribution < 1.29 is 9.47 Å². The maximum absolute atomic E-state index is 6.21. The first-order valence-corrected chi connectivity index (χ1v) is 9.54. The second-order valence-corrected chi connectivity index (χ2v) is 8.03. The maximum Gasteiger partial charge on any atom is 0.100 e. The molecule has 4 rings (SSSR count). The molecule has 2 fully saturated rings. The van der Waals surface area contributed by atoms with E-state index in [1.54, 1.807) is 0 Å². The molecule has 2 aliphatic rings. The maximum atomic E-state index is 6.21. The minimum Gasteiger partial charge on any atom is -0.374 e. The van der Waals surface area contributed by atoms with Crippen molar-refractivity contribution in [1.29, 1.82) is 0 Å². The average Bonchev–Trinajstić information content (AvgIpc) is 3.18. The van der Waals surface area contributed by atoms with Crippen LogP contribution in [0.4, 0.5) is 0 Å². The van der Waals surface area contributed by atoms with E-state index in [1.165, 1.54) is 16.2 Å². The molecular weight excluding hydrogens is 320 g/mol. The normalized spacial score (nSPS) is 27.3. The summed E-state index contributed by atoms with van der Waals surface area (Å²) in [5, 5.41) is 0. The van der Waals surface area contributed by atoms with E-state index in [2.05, 4.69) is 28.9 Å². The van der Waals surface area contributed by atoms with Gasteiger partial charge in [0.25, 0.3) is 0 Å². The molecule has 5 heteroatoms. The van der Waals surface area contributed by atoms with Crippen molar-refractivity contribution in [1.82, 2.24) is 9.88 Å². The Hall–Kier alpha value is -1.27. The van der Waals surface area contributed by atoms with Crippen LogP contribution in [-0.2, 0) is 22.6 Å². The smallest absolute Gasteiger partial charge is 0.100 e. The van der Waals surface area contributed by atoms with Crippen molar-refractivity contribution in [3.63, 3.8) is 0 Å². The van der Waals surface area contributed by atoms with E-state index in [0.29, 0.717) is 12.6 Å². The molecule has 0 aliphatic carbocycles. The molecule has 0 amide bonds. The molecular formula is C19H24N2O2S. The van der Waals surface area contributed by atoms with Gasteiger partial charge in [-0.1, -0.05) is 6.07 Å². The third-order valence-corrected chi connectivity index (χ3v) is 5.90. The Balaban J connectivity index is 1.42. The molecule has 0 spiro atoms. The third-order valence-electron chi connectivity index (χ3n) is 4.91. The fourth-order valence-corrected chi connectivity index (χ4v) is 4.69. The minimum absolute atomic E-state index is 0.137. The highest BCUT2D eigenvalue weighted by Gasteiger charge is 2.44. The molecule has 2 aromatic heterocycles. The first-order valence-electron chi connectivity index (χ1n) is 8.72. The summed E-state index contributed by atoms with van der Waals surface area (Å²) < 4.78 is 12.3. The van der Waals surface area contributed by atoms with E-state index in [1.807, 2.05) is 35.7 Å². The van der Waals surface area contributed by atoms with Gasteiger partial charge in [0.2, 0.25) is 0 Å². The lowest BCUT2D eigenvalue weighted by molar-refractivity contribution is -0.0823. The number of hydrogen-bond donors (Lipinski definition) is 0. The van der Waals surface area contributed by atoms with Crippen LogP contribution >= 0.6 is 11.3 Å². The lowest BCUT2D eigenvalue weighted by atomic mass is 10.0. The lowest BCUT2D eigenvalue weighted by Gasteiger charge is -2.32. The molecule has 0 bridgehead atoms. The number of aryl methyl sites for hydroxylation is 1. The predicted molar refractivity (Wildman–Crippen MR) is 95.0 cm³/mol. The topological polar surface area (TPSA) is 34.6 Å². The number of pyridine rings is 1. The number of nitrogens with zero attached hydrogens (tertiary/aromatic N) is 2. The fourth-order valence-electron chi connectivity index (χ4n) is 3.78. The van der Waals surface area contributed by atoms with Gasteiger partial charge in [-0.25, -0.2) is 0 Å². The molecule has 2 aromatic rings. The number of thiophene rings is 1. The average molecular weight is 344 g/mol. The molecule has 3 atom stereocenters. The fraction of sp³-hybridized carbons (Fsp3) is 0.526. The van der Waals surface area contributed by atoms with E-state index < -0.39 is 0 Å². The summed E-state index contributed by atoms with van der Waals surface area (Å²) in [6, 6.07) is 10.9. The van der Waals surface area contributed by atoms with Crippen LogP contribution in [0, 0.1) is 6.92 Å². The van der Waals surface area contributed by atoms with Crippen LogP contribution in [0.3, 0.4) is 0 Å². The van der Waals surface area contributed by atoms with Crippen LogP contribution in [-0.4, -0.2) is 41.3 Å². The third kappa shape index (κ3) is 3.54. The van der Waals surface area contributed by atoms with Gasteiger partial charge in [0.15, 0.2) is 0 Å². The van der Waals surface area contributed by atoms with Gasteiger partial charge in [-0.2, -0.15) is 0 Å². The highest BCUT2D eigenvalue weighted by atomic mass is 32.1. The summed E-state index contributed by atoms with van der Waals surface area (Å²) in [6.07, 6.45) is 4.51. The quantitative estimate of drug-likeness (QED) is 0.833. The molecule has 4 nitrogen and oxygen atoms in total. The minimum atomic E-state index is 0.137. The molecule has 0 N–H and O–H groups in total. The molecule has 0 radical (unpaired) electrons. The van der Waals surface area contributed by atoms with Gasteiger partial charge in [0, 0.05) is 41.7 Å². The number of hydrogen-bond acceptors (Lipinski definition) is 5. The standard InChI is InChI=1S/C19H24N2O2S/c1-14-7-8-16(24-14)11-21-12-18(19-17(21)6-4-10-22-19)23-13-15-5-2-3-9-20-15/h2-3,5,7-9,17-19H,4,6,10-13H2,1H3/t17-,18+,19+/m0/s1. The largest absolute Gasteiger partial charge is 0.374 e. The second kappa shape index (κ2) is 7.31. The zero-order valence-corrected chi connectivity index (χ0v) is 14.9. The Bertz CT molecular complexity index is 660. The Morgan fingerprint density at radius 3 is 3.08 bits per heavy atom. The summed E-state index contributed by atoms with van der Waals surface area (Å²) in [7, 11) is 0. The first-order chi connectivity index (χ1) is 11.8. The van der Waals surface area contributed by atoms with Gasteiger partial charge in [-0.15, -0.1) is 11.3 Å². The van der Waals surface area contributed by atoms with Gasteiger partial charge in [0.05, 0.1) is 18.4 Å². The van der Waals surface area contributed by atoms with Crippen LogP contribution < -0.4 is 0 Å². The Morgan fingerprint density at radius 1 is 1.33 bits per heavy atom. The zero-order chi connectivity index (χ0) is 16.4. The van der Waals surface area contributed by atoms with Crippen LogP contribution in [0.15, 0.2) is 36.5 Å². The predicted octanol–water partition coefficient (Wildman–Crippen LogP) is 3.40. The van der Waals surface area contributed by atoms with E-state index in [0.717, 1.165) is 31.8 Å². The number of likely N-dealkylation sites (tertiary alicyclic amines) is 1. The summed E-state index contributed by atoms with van der Waals surface area (Å²) >= 11 is 1.89. The van der Waals surface area contributed by atoms with Crippen molar-refractivity contribution in [2.24, 2.45) is 0 Å². The molecule has 0 saturated carbocycles. The molecule has 2 aliphatic heterocycles. The molecule has 24 heavy (non-hydrogen) atoms. The van der Waals surface area contributed by atoms with Crippen molar-refractivity contribution in [3.05, 3.63) is 52.0 Å². The van der Waals surface area contributed by atoms with E-state index in [-0.39, 0.29) is 12.2 Å². The Labute approximate surface area is 147 Å². The van der Waals surface area contributed by atoms with Crippen LogP contribution in [0.2, 0.25) is 0 Å². The van der Waals surface area contributed by atoms with Gasteiger partial charge in [-0.3, -0.25) is 9.88 Å². The zero-order valence-electron chi connectivity index (χ0n) is 14.1. The molecule has 128 valence electrons. The van der Waals surface area contributed by atoms with Gasteiger partial charge < -0.3 is 9.47 Å². The number of fused-ring (bicyclic) bond motifs is 1. The second-order valence-electron chi connectivity index (χ2n) is 6.66. The first kappa shape index (κ1) is 16.2. The Kier molecular flexibility index (Phi) is 4.94. The van der Waals surface area contributed by atoms with Gasteiger partial charge >= 0.3 is 0 Å². The molecule has 0 aromatic carbocycles. The lowest BCUT2D eigenvalue weighted by Crippen LogP contribution is -2.41. The SMILES string of the molecule is Cc1ccc(CN2C[C@@H](OCc3ccccn3)[C@@H]3OCCC[C@@H]32)s1. The van der Waals surface area contributed by atoms with Crippen molar-refractivity contribution in [3.8, 4) is 0 Å². The summed E-state index contributed by atoms with van der Waals surface area (Å²) in [6.45, 7) is 5.54. The summed E-state index contributed by atoms with van der Waals surface area (Å²) in [5.41, 5.74) is 0.984. The molecule has 4 heterocycles. The monoisotopic (exact) mass is 344 g/mol. The van der Waals surface area contributed by atoms with E-state index >= 15 is 0 Å². The van der Waals surface area contributed by atoms with Gasteiger partial charge in [-0.05, 0) is 44.0 Å². The van der Waals surface area contributed by atoms with Crippen LogP contribution in [0.25, 0.3) is 0 Å². The number of aromatic nitrogens is 1. The van der Waals surface area contributed by atoms with Crippen molar-refractivity contribution in [2.75, 3.05) is 13.2 Å². The molecule has 0 unspecified atom stereocenters. The van der Waals surface area contributed by atoms with Crippen LogP contribution in [0.1, 0.15) is 28.3 Å². The summed E-state index contributed by atoms with van der Waals surface area (Å²) in [4.78, 5) is 9.72.